The predicted octanol–water partition coefficient (Wildman–Crippen LogP) is 3.09. The van der Waals surface area contributed by atoms with E-state index in [1.54, 1.807) is 16.9 Å². The smallest absolute Gasteiger partial charge is 0.165 e. The number of aromatic nitrogens is 2. The first kappa shape index (κ1) is 13.3. The number of rotatable bonds is 4. The fourth-order valence-corrected chi connectivity index (χ4v) is 1.79. The number of carbonyl (C=O) groups excluding carboxylic acids is 1. The van der Waals surface area contributed by atoms with Gasteiger partial charge in [-0.1, -0.05) is 0 Å². The third-order valence-corrected chi connectivity index (χ3v) is 2.84. The molecule has 2 rings (SSSR count). The lowest BCUT2D eigenvalue weighted by atomic mass is 10.1. The molecular formula is C14H15FN2O2. The summed E-state index contributed by atoms with van der Waals surface area (Å²) in [4.78, 5) is 11.1. The summed E-state index contributed by atoms with van der Waals surface area (Å²) in [5.41, 5.74) is 1.66. The number of methoxy groups -OCH3 is 1. The molecule has 1 aromatic heterocycles. The van der Waals surface area contributed by atoms with E-state index in [1.807, 2.05) is 13.8 Å². The highest BCUT2D eigenvalue weighted by atomic mass is 19.1. The van der Waals surface area contributed by atoms with Crippen molar-refractivity contribution >= 4 is 6.29 Å². The first-order chi connectivity index (χ1) is 9.06. The van der Waals surface area contributed by atoms with Crippen LogP contribution in [0.25, 0.3) is 11.3 Å². The first-order valence-corrected chi connectivity index (χ1v) is 5.95. The molecule has 5 heteroatoms. The number of nitrogens with zero attached hydrogens (tertiary/aromatic N) is 2. The molecule has 0 saturated carbocycles. The van der Waals surface area contributed by atoms with Gasteiger partial charge in [0.05, 0.1) is 12.7 Å². The number of halogens is 1. The number of aldehydes is 1. The van der Waals surface area contributed by atoms with Gasteiger partial charge in [0, 0.05) is 17.8 Å². The molecule has 0 unspecified atom stereocenters. The molecule has 0 spiro atoms. The number of carbonyl (C=O) groups is 1. The molecule has 4 nitrogen and oxygen atoms in total. The third kappa shape index (κ3) is 2.50. The van der Waals surface area contributed by atoms with Gasteiger partial charge >= 0.3 is 0 Å². The minimum absolute atomic E-state index is 0.133. The average molecular weight is 262 g/mol. The highest BCUT2D eigenvalue weighted by molar-refractivity contribution is 5.85. The largest absolute Gasteiger partial charge is 0.494 e. The van der Waals surface area contributed by atoms with Gasteiger partial charge in [0.15, 0.2) is 17.9 Å². The van der Waals surface area contributed by atoms with Crippen LogP contribution in [0.2, 0.25) is 0 Å². The quantitative estimate of drug-likeness (QED) is 0.795. The van der Waals surface area contributed by atoms with Crippen molar-refractivity contribution in [1.82, 2.24) is 9.78 Å². The Labute approximate surface area is 110 Å². The van der Waals surface area contributed by atoms with E-state index in [-0.39, 0.29) is 11.8 Å². The second-order valence-electron chi connectivity index (χ2n) is 4.47. The van der Waals surface area contributed by atoms with E-state index < -0.39 is 5.82 Å². The van der Waals surface area contributed by atoms with Crippen LogP contribution in [0.5, 0.6) is 5.75 Å². The lowest BCUT2D eigenvalue weighted by Crippen LogP contribution is -2.00. The van der Waals surface area contributed by atoms with Crippen molar-refractivity contribution < 1.29 is 13.9 Å². The molecule has 19 heavy (non-hydrogen) atoms. The molecule has 0 saturated heterocycles. The zero-order chi connectivity index (χ0) is 14.0. The fraction of sp³-hybridized carbons (Fsp3) is 0.286. The number of hydrogen-bond acceptors (Lipinski definition) is 3. The summed E-state index contributed by atoms with van der Waals surface area (Å²) >= 11 is 0. The van der Waals surface area contributed by atoms with Crippen molar-refractivity contribution in [3.05, 3.63) is 35.8 Å². The van der Waals surface area contributed by atoms with Crippen LogP contribution in [0.3, 0.4) is 0 Å². The first-order valence-electron chi connectivity index (χ1n) is 5.95. The Kier molecular flexibility index (Phi) is 3.64. The molecular weight excluding hydrogens is 247 g/mol. The predicted molar refractivity (Wildman–Crippen MR) is 69.9 cm³/mol. The minimum atomic E-state index is -0.442. The van der Waals surface area contributed by atoms with Crippen molar-refractivity contribution in [3.8, 4) is 17.0 Å². The van der Waals surface area contributed by atoms with Crippen molar-refractivity contribution in [2.75, 3.05) is 7.11 Å². The Morgan fingerprint density at radius 2 is 2.16 bits per heavy atom. The van der Waals surface area contributed by atoms with E-state index in [0.717, 1.165) is 6.29 Å². The SMILES string of the molecule is COc1cc(-c2nn(C(C)C)cc2C=O)ccc1F. The van der Waals surface area contributed by atoms with E-state index in [2.05, 4.69) is 5.10 Å². The molecule has 0 aliphatic rings. The summed E-state index contributed by atoms with van der Waals surface area (Å²) in [7, 11) is 1.40. The molecule has 1 aromatic carbocycles. The van der Waals surface area contributed by atoms with Gasteiger partial charge in [-0.2, -0.15) is 5.10 Å². The Morgan fingerprint density at radius 1 is 1.42 bits per heavy atom. The molecule has 0 bridgehead atoms. The molecule has 100 valence electrons. The van der Waals surface area contributed by atoms with Gasteiger partial charge in [-0.3, -0.25) is 9.48 Å². The highest BCUT2D eigenvalue weighted by Gasteiger charge is 2.14. The molecule has 0 amide bonds. The maximum absolute atomic E-state index is 13.4. The van der Waals surface area contributed by atoms with E-state index in [4.69, 9.17) is 4.74 Å². The van der Waals surface area contributed by atoms with Gasteiger partial charge in [-0.05, 0) is 32.0 Å². The molecule has 0 radical (unpaired) electrons. The molecule has 2 aromatic rings. The van der Waals surface area contributed by atoms with E-state index in [0.29, 0.717) is 16.8 Å². The fourth-order valence-electron chi connectivity index (χ4n) is 1.79. The maximum Gasteiger partial charge on any atom is 0.165 e. The summed E-state index contributed by atoms with van der Waals surface area (Å²) in [5.74, 6) is -0.310. The van der Waals surface area contributed by atoms with Crippen LogP contribution in [0.1, 0.15) is 30.2 Å². The van der Waals surface area contributed by atoms with Crippen LogP contribution in [0.15, 0.2) is 24.4 Å². The zero-order valence-corrected chi connectivity index (χ0v) is 11.1. The van der Waals surface area contributed by atoms with Gasteiger partial charge in [0.25, 0.3) is 0 Å². The summed E-state index contributed by atoms with van der Waals surface area (Å²) < 4.78 is 20.0. The molecule has 1 heterocycles. The lowest BCUT2D eigenvalue weighted by Gasteiger charge is -2.05. The topological polar surface area (TPSA) is 44.1 Å². The van der Waals surface area contributed by atoms with Crippen LogP contribution in [0.4, 0.5) is 4.39 Å². The van der Waals surface area contributed by atoms with Crippen molar-refractivity contribution in [1.29, 1.82) is 0 Å². The standard InChI is InChI=1S/C14H15FN2O2/c1-9(2)17-7-11(8-18)14(16-17)10-4-5-12(15)13(6-10)19-3/h4-9H,1-3H3. The molecule has 0 atom stereocenters. The normalized spacial score (nSPS) is 10.8. The van der Waals surface area contributed by atoms with Crippen LogP contribution in [-0.4, -0.2) is 23.2 Å². The van der Waals surface area contributed by atoms with Gasteiger partial charge < -0.3 is 4.74 Å². The van der Waals surface area contributed by atoms with Gasteiger partial charge in [-0.25, -0.2) is 4.39 Å². The number of hydrogen-bond donors (Lipinski definition) is 0. The Morgan fingerprint density at radius 3 is 2.74 bits per heavy atom. The van der Waals surface area contributed by atoms with Crippen LogP contribution >= 0.6 is 0 Å². The lowest BCUT2D eigenvalue weighted by molar-refractivity contribution is 0.112. The summed E-state index contributed by atoms with van der Waals surface area (Å²) in [5, 5.41) is 4.36. The van der Waals surface area contributed by atoms with Crippen molar-refractivity contribution in [3.63, 3.8) is 0 Å². The monoisotopic (exact) mass is 262 g/mol. The second kappa shape index (κ2) is 5.22. The van der Waals surface area contributed by atoms with Crippen molar-refractivity contribution in [2.24, 2.45) is 0 Å². The maximum atomic E-state index is 13.4. The van der Waals surface area contributed by atoms with Gasteiger partial charge in [0.1, 0.15) is 5.69 Å². The molecule has 0 fully saturated rings. The average Bonchev–Trinajstić information content (AvgIpc) is 2.83. The van der Waals surface area contributed by atoms with Gasteiger partial charge in [0.2, 0.25) is 0 Å². The van der Waals surface area contributed by atoms with Crippen LogP contribution < -0.4 is 4.74 Å². The number of benzene rings is 1. The highest BCUT2D eigenvalue weighted by Crippen LogP contribution is 2.27. The van der Waals surface area contributed by atoms with Crippen LogP contribution in [-0.2, 0) is 0 Å². The van der Waals surface area contributed by atoms with E-state index in [1.165, 1.54) is 19.2 Å². The van der Waals surface area contributed by atoms with E-state index >= 15 is 0 Å². The summed E-state index contributed by atoms with van der Waals surface area (Å²) in [6.07, 6.45) is 2.43. The molecule has 0 aliphatic heterocycles. The van der Waals surface area contributed by atoms with Crippen molar-refractivity contribution in [2.45, 2.75) is 19.9 Å². The zero-order valence-electron chi connectivity index (χ0n) is 11.1. The van der Waals surface area contributed by atoms with Gasteiger partial charge in [-0.15, -0.1) is 0 Å². The minimum Gasteiger partial charge on any atom is -0.494 e. The Balaban J connectivity index is 2.54. The van der Waals surface area contributed by atoms with E-state index in [9.17, 15) is 9.18 Å². The third-order valence-electron chi connectivity index (χ3n) is 2.84. The summed E-state index contributed by atoms with van der Waals surface area (Å²) in [6, 6.07) is 4.57. The van der Waals surface area contributed by atoms with Crippen LogP contribution in [0, 0.1) is 5.82 Å². The second-order valence-corrected chi connectivity index (χ2v) is 4.47. The molecule has 0 N–H and O–H groups in total. The Hall–Kier alpha value is -2.17. The molecule has 0 aliphatic carbocycles. The number of ether oxygens (including phenoxy) is 1. The summed E-state index contributed by atoms with van der Waals surface area (Å²) in [6.45, 7) is 3.94. The Bertz CT molecular complexity index is 605.